The smallest absolute Gasteiger partial charge is 0.315 e. The van der Waals surface area contributed by atoms with Crippen molar-refractivity contribution < 1.29 is 23.8 Å². The number of ether oxygens (including phenoxy) is 3. The minimum Gasteiger partial charge on any atom is -0.496 e. The Morgan fingerprint density at radius 1 is 1.00 bits per heavy atom. The molecule has 6 nitrogen and oxygen atoms in total. The van der Waals surface area contributed by atoms with Crippen LogP contribution in [0.15, 0.2) is 47.4 Å². The average Bonchev–Trinajstić information content (AvgIpc) is 2.65. The molecule has 1 amide bonds. The van der Waals surface area contributed by atoms with Gasteiger partial charge in [-0.1, -0.05) is 12.1 Å². The number of carbonyl (C=O) groups is 2. The van der Waals surface area contributed by atoms with Crippen LogP contribution in [0.25, 0.3) is 0 Å². The lowest BCUT2D eigenvalue weighted by molar-refractivity contribution is -0.137. The van der Waals surface area contributed by atoms with Crippen molar-refractivity contribution in [1.82, 2.24) is 0 Å². The minimum atomic E-state index is -0.343. The van der Waals surface area contributed by atoms with Crippen LogP contribution < -0.4 is 14.8 Å². The van der Waals surface area contributed by atoms with E-state index in [0.717, 1.165) is 4.90 Å². The van der Waals surface area contributed by atoms with E-state index in [1.54, 1.807) is 36.4 Å². The summed E-state index contributed by atoms with van der Waals surface area (Å²) in [5.41, 5.74) is 0.924. The molecule has 2 rings (SSSR count). The number of thioether (sulfide) groups is 1. The van der Waals surface area contributed by atoms with E-state index in [2.05, 4.69) is 10.1 Å². The molecule has 0 aliphatic carbocycles. The fourth-order valence-electron chi connectivity index (χ4n) is 2.13. The highest BCUT2D eigenvalue weighted by Crippen LogP contribution is 2.29. The van der Waals surface area contributed by atoms with Gasteiger partial charge in [0.05, 0.1) is 27.1 Å². The van der Waals surface area contributed by atoms with Crippen molar-refractivity contribution in [1.29, 1.82) is 0 Å². The van der Waals surface area contributed by atoms with E-state index >= 15 is 0 Å². The van der Waals surface area contributed by atoms with Crippen molar-refractivity contribution in [2.75, 3.05) is 32.4 Å². The molecule has 0 aliphatic heterocycles. The first-order chi connectivity index (χ1) is 12.1. The second-order valence-corrected chi connectivity index (χ2v) is 5.93. The summed E-state index contributed by atoms with van der Waals surface area (Å²) >= 11 is 1.33. The largest absolute Gasteiger partial charge is 0.496 e. The Balaban J connectivity index is 2.17. The standard InChI is InChI=1S/C18H19NO5S/c1-22-14-8-5-9-15(23-2)17(14)18(21)19-12-6-4-7-13(10-12)25-11-16(20)24-3/h4-10H,11H2,1-3H3,(H,19,21). The molecular weight excluding hydrogens is 342 g/mol. The first-order valence-corrected chi connectivity index (χ1v) is 8.39. The molecule has 0 atom stereocenters. The highest BCUT2D eigenvalue weighted by Gasteiger charge is 2.18. The van der Waals surface area contributed by atoms with Crippen molar-refractivity contribution in [3.63, 3.8) is 0 Å². The summed E-state index contributed by atoms with van der Waals surface area (Å²) in [5.74, 6) is 0.401. The normalized spacial score (nSPS) is 10.0. The Hall–Kier alpha value is -2.67. The minimum absolute atomic E-state index is 0.203. The summed E-state index contributed by atoms with van der Waals surface area (Å²) in [4.78, 5) is 24.7. The molecule has 0 aromatic heterocycles. The summed E-state index contributed by atoms with van der Waals surface area (Å²) in [6.07, 6.45) is 0. The number of benzene rings is 2. The van der Waals surface area contributed by atoms with Crippen LogP contribution in [0.1, 0.15) is 10.4 Å². The van der Waals surface area contributed by atoms with Crippen LogP contribution >= 0.6 is 11.8 Å². The van der Waals surface area contributed by atoms with Gasteiger partial charge in [0, 0.05) is 10.6 Å². The maximum atomic E-state index is 12.6. The van der Waals surface area contributed by atoms with Gasteiger partial charge in [-0.3, -0.25) is 9.59 Å². The average molecular weight is 361 g/mol. The van der Waals surface area contributed by atoms with Crippen LogP contribution in [0.2, 0.25) is 0 Å². The molecule has 0 fully saturated rings. The SMILES string of the molecule is COC(=O)CSc1cccc(NC(=O)c2c(OC)cccc2OC)c1. The van der Waals surface area contributed by atoms with E-state index in [1.165, 1.54) is 33.1 Å². The zero-order chi connectivity index (χ0) is 18.2. The number of amides is 1. The van der Waals surface area contributed by atoms with Crippen LogP contribution in [-0.2, 0) is 9.53 Å². The van der Waals surface area contributed by atoms with Gasteiger partial charge >= 0.3 is 5.97 Å². The molecule has 0 radical (unpaired) electrons. The Bertz CT molecular complexity index is 741. The molecular formula is C18H19NO5S. The molecule has 0 bridgehead atoms. The maximum absolute atomic E-state index is 12.6. The van der Waals surface area contributed by atoms with E-state index in [4.69, 9.17) is 9.47 Å². The van der Waals surface area contributed by atoms with Gasteiger partial charge in [-0.05, 0) is 30.3 Å². The van der Waals surface area contributed by atoms with E-state index in [1.807, 2.05) is 6.07 Å². The van der Waals surface area contributed by atoms with E-state index in [0.29, 0.717) is 22.7 Å². The van der Waals surface area contributed by atoms with Gasteiger partial charge in [-0.15, -0.1) is 11.8 Å². The zero-order valence-corrected chi connectivity index (χ0v) is 15.0. The monoisotopic (exact) mass is 361 g/mol. The number of hydrogen-bond acceptors (Lipinski definition) is 6. The van der Waals surface area contributed by atoms with Crippen LogP contribution in [0, 0.1) is 0 Å². The second kappa shape index (κ2) is 8.98. The lowest BCUT2D eigenvalue weighted by Gasteiger charge is -2.13. The number of nitrogens with one attached hydrogen (secondary N) is 1. The van der Waals surface area contributed by atoms with Gasteiger partial charge in [-0.2, -0.15) is 0 Å². The first-order valence-electron chi connectivity index (χ1n) is 7.41. The van der Waals surface area contributed by atoms with Crippen LogP contribution in [0.5, 0.6) is 11.5 Å². The maximum Gasteiger partial charge on any atom is 0.315 e. The van der Waals surface area contributed by atoms with Gasteiger partial charge in [0.15, 0.2) is 0 Å². The summed E-state index contributed by atoms with van der Waals surface area (Å²) in [7, 11) is 4.34. The highest BCUT2D eigenvalue weighted by atomic mass is 32.2. The summed E-state index contributed by atoms with van der Waals surface area (Å²) in [6, 6.07) is 12.3. The third-order valence-corrected chi connectivity index (χ3v) is 4.30. The molecule has 2 aromatic rings. The van der Waals surface area contributed by atoms with Gasteiger partial charge in [0.1, 0.15) is 17.1 Å². The molecule has 25 heavy (non-hydrogen) atoms. The van der Waals surface area contributed by atoms with Crippen LogP contribution in [0.3, 0.4) is 0 Å². The van der Waals surface area contributed by atoms with E-state index in [9.17, 15) is 9.59 Å². The molecule has 132 valence electrons. The summed E-state index contributed by atoms with van der Waals surface area (Å²) in [6.45, 7) is 0. The van der Waals surface area contributed by atoms with Crippen molar-refractivity contribution in [3.8, 4) is 11.5 Å². The molecule has 0 unspecified atom stereocenters. The topological polar surface area (TPSA) is 73.9 Å². The molecule has 7 heteroatoms. The van der Waals surface area contributed by atoms with Crippen LogP contribution in [-0.4, -0.2) is 39.0 Å². The van der Waals surface area contributed by atoms with Crippen molar-refractivity contribution in [2.24, 2.45) is 0 Å². The molecule has 0 aliphatic rings. The van der Waals surface area contributed by atoms with Gasteiger partial charge in [0.25, 0.3) is 5.91 Å². The molecule has 2 aromatic carbocycles. The third kappa shape index (κ3) is 4.90. The predicted molar refractivity (Wildman–Crippen MR) is 96.7 cm³/mol. The van der Waals surface area contributed by atoms with Crippen molar-refractivity contribution in [2.45, 2.75) is 4.90 Å². The second-order valence-electron chi connectivity index (χ2n) is 4.88. The van der Waals surface area contributed by atoms with Gasteiger partial charge < -0.3 is 19.5 Å². The Morgan fingerprint density at radius 3 is 2.24 bits per heavy atom. The summed E-state index contributed by atoms with van der Waals surface area (Å²) in [5, 5.41) is 2.82. The van der Waals surface area contributed by atoms with Crippen LogP contribution in [0.4, 0.5) is 5.69 Å². The fraction of sp³-hybridized carbons (Fsp3) is 0.222. The lowest BCUT2D eigenvalue weighted by Crippen LogP contribution is -2.14. The van der Waals surface area contributed by atoms with Gasteiger partial charge in [-0.25, -0.2) is 0 Å². The Labute approximate surface area is 150 Å². The van der Waals surface area contributed by atoms with Crippen molar-refractivity contribution in [3.05, 3.63) is 48.0 Å². The van der Waals surface area contributed by atoms with Crippen molar-refractivity contribution >= 4 is 29.3 Å². The number of hydrogen-bond donors (Lipinski definition) is 1. The van der Waals surface area contributed by atoms with E-state index in [-0.39, 0.29) is 17.6 Å². The van der Waals surface area contributed by atoms with E-state index < -0.39 is 0 Å². The van der Waals surface area contributed by atoms with Gasteiger partial charge in [0.2, 0.25) is 0 Å². The number of carbonyl (C=O) groups excluding carboxylic acids is 2. The zero-order valence-electron chi connectivity index (χ0n) is 14.2. The lowest BCUT2D eigenvalue weighted by atomic mass is 10.1. The molecule has 0 saturated carbocycles. The quantitative estimate of drug-likeness (QED) is 0.603. The number of methoxy groups -OCH3 is 3. The summed E-state index contributed by atoms with van der Waals surface area (Å²) < 4.78 is 15.1. The first kappa shape index (κ1) is 18.7. The molecule has 0 spiro atoms. The molecule has 1 N–H and O–H groups in total. The number of rotatable bonds is 7. The third-order valence-electron chi connectivity index (χ3n) is 3.33. The molecule has 0 heterocycles. The fourth-order valence-corrected chi connectivity index (χ4v) is 2.92. The Kier molecular flexibility index (Phi) is 6.71. The Morgan fingerprint density at radius 2 is 1.64 bits per heavy atom. The highest BCUT2D eigenvalue weighted by molar-refractivity contribution is 8.00. The number of esters is 1. The molecule has 0 saturated heterocycles. The number of anilines is 1. The predicted octanol–water partition coefficient (Wildman–Crippen LogP) is 3.22.